The normalized spacial score (nSPS) is 16.2. The van der Waals surface area contributed by atoms with E-state index in [9.17, 15) is 4.79 Å². The van der Waals surface area contributed by atoms with Crippen LogP contribution in [0.2, 0.25) is 5.02 Å². The molecule has 0 saturated carbocycles. The molecule has 0 fully saturated rings. The number of aryl methyl sites for hydroxylation is 1. The maximum Gasteiger partial charge on any atom is 0.283 e. The molecule has 33 heavy (non-hydrogen) atoms. The van der Waals surface area contributed by atoms with Gasteiger partial charge in [-0.25, -0.2) is 0 Å². The van der Waals surface area contributed by atoms with Gasteiger partial charge in [-0.05, 0) is 54.6 Å². The number of amidine groups is 2. The number of carbonyl (C=O) groups is 1. The third-order valence-electron chi connectivity index (χ3n) is 4.78. The number of fused-ring (bicyclic) bond motifs is 1. The molecule has 8 nitrogen and oxygen atoms in total. The molecule has 0 bridgehead atoms. The van der Waals surface area contributed by atoms with Gasteiger partial charge in [-0.15, -0.1) is 0 Å². The maximum absolute atomic E-state index is 12.4. The molecule has 0 aliphatic carbocycles. The second-order valence-electron chi connectivity index (χ2n) is 7.15. The van der Waals surface area contributed by atoms with E-state index in [4.69, 9.17) is 31.2 Å². The summed E-state index contributed by atoms with van der Waals surface area (Å²) in [7, 11) is 1.51. The van der Waals surface area contributed by atoms with Crippen LogP contribution < -0.4 is 14.2 Å². The van der Waals surface area contributed by atoms with Crippen molar-refractivity contribution in [1.29, 1.82) is 5.41 Å². The van der Waals surface area contributed by atoms with E-state index in [-0.39, 0.29) is 11.4 Å². The van der Waals surface area contributed by atoms with Crippen LogP contribution in [0.25, 0.3) is 6.08 Å². The monoisotopic (exact) mass is 484 g/mol. The number of nitrogens with zero attached hydrogens (tertiary/aromatic N) is 3. The summed E-state index contributed by atoms with van der Waals surface area (Å²) in [5.74, 6) is 1.08. The SMILES string of the molecule is COc1cc(/C=C2/C(=N)N3N=CSC3=NC2=O)cc(Cl)c1OCCCOc1ccc(C)cc1. The van der Waals surface area contributed by atoms with Gasteiger partial charge >= 0.3 is 0 Å². The van der Waals surface area contributed by atoms with E-state index in [0.29, 0.717) is 46.9 Å². The number of halogens is 1. The molecule has 1 amide bonds. The Hall–Kier alpha value is -3.30. The Balaban J connectivity index is 1.42. The first-order chi connectivity index (χ1) is 16.0. The number of methoxy groups -OCH3 is 1. The second kappa shape index (κ2) is 10.1. The number of hydrogen-bond donors (Lipinski definition) is 1. The predicted molar refractivity (Wildman–Crippen MR) is 131 cm³/mol. The third kappa shape index (κ3) is 5.20. The molecule has 1 N–H and O–H groups in total. The van der Waals surface area contributed by atoms with Crippen molar-refractivity contribution in [2.45, 2.75) is 13.3 Å². The highest BCUT2D eigenvalue weighted by Gasteiger charge is 2.32. The summed E-state index contributed by atoms with van der Waals surface area (Å²) >= 11 is 7.64. The largest absolute Gasteiger partial charge is 0.493 e. The lowest BCUT2D eigenvalue weighted by Crippen LogP contribution is -2.35. The van der Waals surface area contributed by atoms with Crippen molar-refractivity contribution >= 4 is 51.9 Å². The summed E-state index contributed by atoms with van der Waals surface area (Å²) < 4.78 is 17.0. The number of aliphatic imine (C=N–C) groups is 1. The minimum atomic E-state index is -0.506. The Morgan fingerprint density at radius 2 is 1.94 bits per heavy atom. The van der Waals surface area contributed by atoms with Crippen LogP contribution in [0.5, 0.6) is 17.2 Å². The highest BCUT2D eigenvalue weighted by Crippen LogP contribution is 2.37. The topological polar surface area (TPSA) is 96.6 Å². The van der Waals surface area contributed by atoms with Crippen molar-refractivity contribution < 1.29 is 19.0 Å². The Kier molecular flexibility index (Phi) is 7.00. The van der Waals surface area contributed by atoms with Crippen LogP contribution in [0, 0.1) is 12.3 Å². The summed E-state index contributed by atoms with van der Waals surface area (Å²) in [6, 6.07) is 11.2. The van der Waals surface area contributed by atoms with Gasteiger partial charge in [0.15, 0.2) is 22.5 Å². The minimum Gasteiger partial charge on any atom is -0.493 e. The standard InChI is InChI=1S/C23H21ClN4O4S/c1-14-4-6-16(7-5-14)31-8-3-9-32-20-18(24)11-15(12-19(20)30-2)10-17-21(25)28-23(27-22(17)29)33-13-26-28/h4-7,10-13,25H,3,8-9H2,1-2H3/b17-10-,25-21?. The van der Waals surface area contributed by atoms with E-state index < -0.39 is 5.91 Å². The number of amides is 1. The molecule has 0 aromatic heterocycles. The fraction of sp³-hybridized carbons (Fsp3) is 0.217. The fourth-order valence-corrected chi connectivity index (χ4v) is 4.01. The van der Waals surface area contributed by atoms with Gasteiger partial charge in [-0.3, -0.25) is 10.2 Å². The molecular formula is C23H21ClN4O4S. The molecule has 2 aromatic carbocycles. The first-order valence-electron chi connectivity index (χ1n) is 10.1. The van der Waals surface area contributed by atoms with Crippen LogP contribution in [-0.2, 0) is 4.79 Å². The lowest BCUT2D eigenvalue weighted by atomic mass is 10.1. The average Bonchev–Trinajstić information content (AvgIpc) is 3.27. The minimum absolute atomic E-state index is 0.0461. The number of carbonyl (C=O) groups excluding carboxylic acids is 1. The molecule has 0 unspecified atom stereocenters. The molecule has 2 aliphatic rings. The summed E-state index contributed by atoms with van der Waals surface area (Å²) in [5.41, 5.74) is 3.40. The van der Waals surface area contributed by atoms with E-state index in [1.54, 1.807) is 12.1 Å². The Labute approximate surface area is 200 Å². The van der Waals surface area contributed by atoms with Crippen molar-refractivity contribution in [2.24, 2.45) is 10.1 Å². The number of thioether (sulfide) groups is 1. The number of hydrogen-bond acceptors (Lipinski definition) is 7. The van der Waals surface area contributed by atoms with Gasteiger partial charge in [-0.1, -0.05) is 29.3 Å². The Morgan fingerprint density at radius 3 is 2.70 bits per heavy atom. The van der Waals surface area contributed by atoms with Gasteiger partial charge in [0.25, 0.3) is 5.91 Å². The lowest BCUT2D eigenvalue weighted by Gasteiger charge is -2.20. The zero-order valence-corrected chi connectivity index (χ0v) is 19.6. The van der Waals surface area contributed by atoms with E-state index >= 15 is 0 Å². The van der Waals surface area contributed by atoms with Crippen LogP contribution in [0.15, 0.2) is 52.1 Å². The van der Waals surface area contributed by atoms with Crippen LogP contribution in [-0.4, -0.2) is 47.8 Å². The highest BCUT2D eigenvalue weighted by atomic mass is 35.5. The van der Waals surface area contributed by atoms with Crippen LogP contribution >= 0.6 is 23.4 Å². The van der Waals surface area contributed by atoms with Crippen molar-refractivity contribution in [3.63, 3.8) is 0 Å². The molecule has 0 atom stereocenters. The Bertz CT molecular complexity index is 1180. The summed E-state index contributed by atoms with van der Waals surface area (Å²) in [6.07, 6.45) is 2.19. The molecule has 2 heterocycles. The fourth-order valence-electron chi connectivity index (χ4n) is 3.12. The van der Waals surface area contributed by atoms with Crippen LogP contribution in [0.1, 0.15) is 17.5 Å². The zero-order valence-electron chi connectivity index (χ0n) is 18.0. The average molecular weight is 485 g/mol. The first-order valence-corrected chi connectivity index (χ1v) is 11.3. The first kappa shape index (κ1) is 22.9. The van der Waals surface area contributed by atoms with Gasteiger partial charge in [0, 0.05) is 6.42 Å². The molecule has 4 rings (SSSR count). The van der Waals surface area contributed by atoms with E-state index in [1.807, 2.05) is 31.2 Å². The zero-order chi connectivity index (χ0) is 23.4. The Morgan fingerprint density at radius 1 is 1.18 bits per heavy atom. The number of ether oxygens (including phenoxy) is 3. The second-order valence-corrected chi connectivity index (χ2v) is 8.37. The summed E-state index contributed by atoms with van der Waals surface area (Å²) in [4.78, 5) is 16.4. The molecule has 2 aliphatic heterocycles. The number of nitrogens with one attached hydrogen (secondary N) is 1. The molecule has 0 saturated heterocycles. The molecule has 0 spiro atoms. The van der Waals surface area contributed by atoms with Crippen molar-refractivity contribution in [3.05, 3.63) is 58.1 Å². The summed E-state index contributed by atoms with van der Waals surface area (Å²) in [5, 5.41) is 14.3. The molecule has 10 heteroatoms. The quantitative estimate of drug-likeness (QED) is 0.429. The third-order valence-corrected chi connectivity index (χ3v) is 5.74. The van der Waals surface area contributed by atoms with Gasteiger partial charge in [0.2, 0.25) is 0 Å². The van der Waals surface area contributed by atoms with E-state index in [0.717, 1.165) is 5.75 Å². The van der Waals surface area contributed by atoms with E-state index in [1.165, 1.54) is 41.1 Å². The number of rotatable bonds is 8. The highest BCUT2D eigenvalue weighted by molar-refractivity contribution is 8.25. The van der Waals surface area contributed by atoms with Crippen LogP contribution in [0.4, 0.5) is 0 Å². The summed E-state index contributed by atoms with van der Waals surface area (Å²) in [6.45, 7) is 2.91. The predicted octanol–water partition coefficient (Wildman–Crippen LogP) is 4.75. The van der Waals surface area contributed by atoms with Gasteiger partial charge in [-0.2, -0.15) is 15.1 Å². The van der Waals surface area contributed by atoms with E-state index in [2.05, 4.69) is 10.1 Å². The van der Waals surface area contributed by atoms with Crippen molar-refractivity contribution in [3.8, 4) is 17.2 Å². The van der Waals surface area contributed by atoms with Crippen LogP contribution in [0.3, 0.4) is 0 Å². The van der Waals surface area contributed by atoms with Gasteiger partial charge in [0.1, 0.15) is 5.75 Å². The van der Waals surface area contributed by atoms with Gasteiger partial charge in [0.05, 0.1) is 36.5 Å². The molecule has 170 valence electrons. The van der Waals surface area contributed by atoms with Gasteiger partial charge < -0.3 is 14.2 Å². The lowest BCUT2D eigenvalue weighted by molar-refractivity contribution is -0.114. The smallest absolute Gasteiger partial charge is 0.283 e. The maximum atomic E-state index is 12.4. The van der Waals surface area contributed by atoms with Crippen molar-refractivity contribution in [1.82, 2.24) is 5.01 Å². The molecular weight excluding hydrogens is 464 g/mol. The molecule has 2 aromatic rings. The number of benzene rings is 2. The van der Waals surface area contributed by atoms with Crippen molar-refractivity contribution in [2.75, 3.05) is 20.3 Å². The molecule has 0 radical (unpaired) electrons. The number of hydrazone groups is 1.